The van der Waals surface area contributed by atoms with E-state index in [1.165, 1.54) is 72.7 Å². The number of nitrogens with zero attached hydrogens (tertiary/aromatic N) is 2. The molecule has 40 heavy (non-hydrogen) atoms. The average molecular weight is 587 g/mol. The van der Waals surface area contributed by atoms with Crippen LogP contribution in [0.1, 0.15) is 27.1 Å². The Labute approximate surface area is 237 Å². The molecule has 1 aliphatic rings. The molecule has 4 rings (SSSR count). The number of ether oxygens (including phenoxy) is 3. The fraction of sp³-hybridized carbons (Fsp3) is 0.185. The lowest BCUT2D eigenvalue weighted by Crippen LogP contribution is -2.27. The smallest absolute Gasteiger partial charge is 0.345 e. The van der Waals surface area contributed by atoms with Crippen LogP contribution in [0.5, 0.6) is 11.5 Å². The third kappa shape index (κ3) is 6.38. The Kier molecular flexibility index (Phi) is 8.66. The highest BCUT2D eigenvalue weighted by molar-refractivity contribution is 6.36. The summed E-state index contributed by atoms with van der Waals surface area (Å²) in [7, 11) is 1.31. The molecule has 13 heteroatoms. The largest absolute Gasteiger partial charge is 0.494 e. The molecule has 0 N–H and O–H groups in total. The summed E-state index contributed by atoms with van der Waals surface area (Å²) in [6, 6.07) is 13.8. The van der Waals surface area contributed by atoms with Crippen LogP contribution < -0.4 is 14.4 Å². The summed E-state index contributed by atoms with van der Waals surface area (Å²) in [5.74, 6) is -2.93. The summed E-state index contributed by atoms with van der Waals surface area (Å²) in [6.45, 7) is -0.610. The van der Waals surface area contributed by atoms with Crippen LogP contribution in [-0.2, 0) is 14.3 Å². The van der Waals surface area contributed by atoms with Gasteiger partial charge in [0.25, 0.3) is 5.69 Å². The first-order valence-corrected chi connectivity index (χ1v) is 12.4. The molecule has 206 valence electrons. The van der Waals surface area contributed by atoms with Crippen LogP contribution in [0, 0.1) is 16.0 Å². The average Bonchev–Trinajstić information content (AvgIpc) is 3.32. The summed E-state index contributed by atoms with van der Waals surface area (Å²) >= 11 is 11.9. The van der Waals surface area contributed by atoms with Gasteiger partial charge in [-0.05, 0) is 48.5 Å². The number of hydrogen-bond acceptors (Lipinski definition) is 9. The molecule has 1 heterocycles. The number of hydrogen-bond donors (Lipinski definition) is 0. The van der Waals surface area contributed by atoms with Crippen molar-refractivity contribution >= 4 is 58.2 Å². The van der Waals surface area contributed by atoms with Gasteiger partial charge in [-0.2, -0.15) is 0 Å². The fourth-order valence-corrected chi connectivity index (χ4v) is 4.45. The number of methoxy groups -OCH3 is 1. The molecule has 0 aromatic heterocycles. The number of ketones is 1. The first kappa shape index (κ1) is 28.5. The minimum atomic E-state index is -0.846. The second kappa shape index (κ2) is 12.1. The molecule has 1 atom stereocenters. The Hall–Kier alpha value is -4.48. The monoisotopic (exact) mass is 586 g/mol. The van der Waals surface area contributed by atoms with Crippen LogP contribution in [0.25, 0.3) is 0 Å². The van der Waals surface area contributed by atoms with Crippen molar-refractivity contribution in [1.29, 1.82) is 0 Å². The Bertz CT molecular complexity index is 1510. The molecule has 1 amide bonds. The highest BCUT2D eigenvalue weighted by atomic mass is 35.5. The molecule has 0 unspecified atom stereocenters. The Morgan fingerprint density at radius 2 is 1.77 bits per heavy atom. The molecule has 1 saturated heterocycles. The van der Waals surface area contributed by atoms with Gasteiger partial charge in [0.2, 0.25) is 5.91 Å². The lowest BCUT2D eigenvalue weighted by atomic mass is 10.1. The van der Waals surface area contributed by atoms with Crippen molar-refractivity contribution in [2.45, 2.75) is 6.42 Å². The first-order valence-electron chi connectivity index (χ1n) is 11.7. The van der Waals surface area contributed by atoms with E-state index in [9.17, 15) is 29.3 Å². The summed E-state index contributed by atoms with van der Waals surface area (Å²) < 4.78 is 15.6. The van der Waals surface area contributed by atoms with Gasteiger partial charge in [0.1, 0.15) is 11.5 Å². The van der Waals surface area contributed by atoms with Crippen molar-refractivity contribution < 1.29 is 38.3 Å². The molecule has 3 aromatic carbocycles. The zero-order valence-electron chi connectivity index (χ0n) is 20.8. The molecule has 0 aliphatic carbocycles. The number of non-ortho nitro benzene ring substituents is 1. The van der Waals surface area contributed by atoms with Gasteiger partial charge in [0, 0.05) is 29.6 Å². The van der Waals surface area contributed by atoms with Crippen LogP contribution in [0.2, 0.25) is 10.0 Å². The van der Waals surface area contributed by atoms with Crippen LogP contribution in [0.15, 0.2) is 60.7 Å². The Balaban J connectivity index is 1.32. The van der Waals surface area contributed by atoms with Crippen LogP contribution >= 0.6 is 23.2 Å². The first-order chi connectivity index (χ1) is 19.1. The minimum Gasteiger partial charge on any atom is -0.494 e. The van der Waals surface area contributed by atoms with Crippen molar-refractivity contribution in [1.82, 2.24) is 0 Å². The quantitative estimate of drug-likeness (QED) is 0.112. The van der Waals surface area contributed by atoms with E-state index < -0.39 is 41.1 Å². The molecule has 0 spiro atoms. The van der Waals surface area contributed by atoms with E-state index in [0.717, 1.165) is 0 Å². The summed E-state index contributed by atoms with van der Waals surface area (Å²) in [6.07, 6.45) is -0.162. The second-order valence-corrected chi connectivity index (χ2v) is 9.43. The zero-order chi connectivity index (χ0) is 29.0. The maximum absolute atomic E-state index is 12.6. The van der Waals surface area contributed by atoms with Crippen molar-refractivity contribution in [3.63, 3.8) is 0 Å². The molecule has 1 fully saturated rings. The predicted molar refractivity (Wildman–Crippen MR) is 143 cm³/mol. The summed E-state index contributed by atoms with van der Waals surface area (Å²) in [4.78, 5) is 61.8. The molecule has 1 aliphatic heterocycles. The predicted octanol–water partition coefficient (Wildman–Crippen LogP) is 4.91. The SMILES string of the molecule is COc1cc([N+](=O)[O-])ccc1N1C[C@@H](C(=O)OCC(=O)c2ccc(OC(=O)c3ccc(Cl)cc3Cl)cc2)CC1=O. The number of nitro groups is 1. The molecule has 11 nitrogen and oxygen atoms in total. The highest BCUT2D eigenvalue weighted by Gasteiger charge is 2.37. The number of anilines is 1. The number of nitro benzene ring substituents is 1. The van der Waals surface area contributed by atoms with Crippen molar-refractivity contribution in [3.05, 3.63) is 92.0 Å². The van der Waals surface area contributed by atoms with Crippen LogP contribution in [0.4, 0.5) is 11.4 Å². The Morgan fingerprint density at radius 3 is 2.42 bits per heavy atom. The van der Waals surface area contributed by atoms with Crippen molar-refractivity contribution in [2.24, 2.45) is 5.92 Å². The number of Topliss-reactive ketones (excluding diaryl/α,β-unsaturated/α-hetero) is 1. The second-order valence-electron chi connectivity index (χ2n) is 8.59. The van der Waals surface area contributed by atoms with Gasteiger partial charge in [-0.1, -0.05) is 23.2 Å². The third-order valence-electron chi connectivity index (χ3n) is 6.01. The van der Waals surface area contributed by atoms with Gasteiger partial charge < -0.3 is 19.1 Å². The number of esters is 2. The number of carbonyl (C=O) groups is 4. The summed E-state index contributed by atoms with van der Waals surface area (Å²) in [5, 5.41) is 11.5. The van der Waals surface area contributed by atoms with E-state index in [4.69, 9.17) is 37.4 Å². The standard InChI is InChI=1S/C27H20Cl2N2O9/c1-38-24-12-18(31(36)37)5-9-22(24)30-13-16(10-25(30)33)26(34)39-14-23(32)15-2-6-19(7-3-15)40-27(35)20-8-4-17(28)11-21(20)29/h2-9,11-12,16H,10,13-14H2,1H3/t16-/m0/s1. The van der Waals surface area contributed by atoms with Gasteiger partial charge >= 0.3 is 11.9 Å². The Morgan fingerprint density at radius 1 is 1.05 bits per heavy atom. The van der Waals surface area contributed by atoms with Crippen molar-refractivity contribution in [3.8, 4) is 11.5 Å². The van der Waals surface area contributed by atoms with E-state index in [2.05, 4.69) is 0 Å². The van der Waals surface area contributed by atoms with E-state index >= 15 is 0 Å². The zero-order valence-corrected chi connectivity index (χ0v) is 22.3. The third-order valence-corrected chi connectivity index (χ3v) is 6.55. The highest BCUT2D eigenvalue weighted by Crippen LogP contribution is 2.36. The lowest BCUT2D eigenvalue weighted by Gasteiger charge is -2.19. The molecule has 0 radical (unpaired) electrons. The fourth-order valence-electron chi connectivity index (χ4n) is 3.96. The normalized spacial score (nSPS) is 14.5. The molecule has 0 bridgehead atoms. The topological polar surface area (TPSA) is 142 Å². The van der Waals surface area contributed by atoms with Gasteiger partial charge in [-0.3, -0.25) is 24.5 Å². The van der Waals surface area contributed by atoms with E-state index in [1.807, 2.05) is 0 Å². The number of rotatable bonds is 9. The number of amides is 1. The summed E-state index contributed by atoms with van der Waals surface area (Å²) in [5.41, 5.74) is 0.397. The van der Waals surface area contributed by atoms with Crippen LogP contribution in [-0.4, -0.2) is 48.8 Å². The van der Waals surface area contributed by atoms with Crippen molar-refractivity contribution in [2.75, 3.05) is 25.2 Å². The van der Waals surface area contributed by atoms with Gasteiger partial charge in [-0.25, -0.2) is 4.79 Å². The maximum Gasteiger partial charge on any atom is 0.345 e. The lowest BCUT2D eigenvalue weighted by molar-refractivity contribution is -0.384. The van der Waals surface area contributed by atoms with E-state index in [1.54, 1.807) is 0 Å². The van der Waals surface area contributed by atoms with Crippen LogP contribution in [0.3, 0.4) is 0 Å². The van der Waals surface area contributed by atoms with E-state index in [-0.39, 0.29) is 52.0 Å². The molecule has 0 saturated carbocycles. The van der Waals surface area contributed by atoms with E-state index in [0.29, 0.717) is 5.02 Å². The van der Waals surface area contributed by atoms with Gasteiger partial charge in [0.05, 0.1) is 40.3 Å². The number of carbonyl (C=O) groups excluding carboxylic acids is 4. The molecular formula is C27H20Cl2N2O9. The maximum atomic E-state index is 12.6. The molecule has 3 aromatic rings. The number of benzene rings is 3. The minimum absolute atomic E-state index is 0.0439. The van der Waals surface area contributed by atoms with Gasteiger partial charge in [-0.15, -0.1) is 0 Å². The molecular weight excluding hydrogens is 567 g/mol. The number of halogens is 2. The van der Waals surface area contributed by atoms with Gasteiger partial charge in [0.15, 0.2) is 12.4 Å².